The summed E-state index contributed by atoms with van der Waals surface area (Å²) in [6, 6.07) is 7.14. The maximum Gasteiger partial charge on any atom is 0.333 e. The molecule has 2 aliphatic heterocycles. The molecule has 2 aliphatic rings. The molecule has 0 bridgehead atoms. The number of carbonyl (C=O) groups excluding carboxylic acids is 2. The fraction of sp³-hybridized carbons (Fsp3) is 0.486. The minimum Gasteiger partial charge on any atom is -0.493 e. The van der Waals surface area contributed by atoms with Gasteiger partial charge in [-0.2, -0.15) is 0 Å². The molecule has 15 heteroatoms. The van der Waals surface area contributed by atoms with E-state index in [9.17, 15) is 24.9 Å². The molecule has 4 rings (SSSR count). The lowest BCUT2D eigenvalue weighted by Crippen LogP contribution is -2.59. The zero-order valence-electron chi connectivity index (χ0n) is 28.5. The summed E-state index contributed by atoms with van der Waals surface area (Å²) in [6.45, 7) is 4.01. The number of hydrogen-bond acceptors (Lipinski definition) is 15. The second-order valence-corrected chi connectivity index (χ2v) is 11.5. The molecule has 0 unspecified atom stereocenters. The second kappa shape index (κ2) is 17.5. The van der Waals surface area contributed by atoms with Crippen LogP contribution in [0.15, 0.2) is 42.5 Å². The highest BCUT2D eigenvalue weighted by molar-refractivity contribution is 5.87. The Morgan fingerprint density at radius 3 is 2.16 bits per heavy atom. The number of hydrogen-bond donors (Lipinski definition) is 4. The van der Waals surface area contributed by atoms with Gasteiger partial charge < -0.3 is 63.1 Å². The minimum absolute atomic E-state index is 0.000201. The molecule has 0 aromatic heterocycles. The smallest absolute Gasteiger partial charge is 0.333 e. The number of aliphatic hydroxyl groups excluding tert-OH is 4. The van der Waals surface area contributed by atoms with Crippen LogP contribution < -0.4 is 23.7 Å². The standard InChI is InChI=1S/C35H44O15/c1-18(9-10-36)34(41)48-17-27-28(38)29(39)30(40)35(49-27)46-11-7-8-20-12-22-23(16-47-19(2)37)31(50-32(22)24(13-20)42-3)21-14-25(43-4)33(45-6)26(15-21)44-5/h7-8,12-15,23,27-31,35-36,38-40H,1,9-11,16-17H2,2-6H3/b8-7+/t23-,27+,28-,29+,30+,31-,35+/m1/s1. The minimum atomic E-state index is -1.64. The van der Waals surface area contributed by atoms with E-state index in [-0.39, 0.29) is 31.8 Å². The Morgan fingerprint density at radius 1 is 0.880 bits per heavy atom. The summed E-state index contributed by atoms with van der Waals surface area (Å²) in [5.74, 6) is 0.440. The fourth-order valence-electron chi connectivity index (χ4n) is 5.64. The number of carbonyl (C=O) groups is 2. The average molecular weight is 705 g/mol. The summed E-state index contributed by atoms with van der Waals surface area (Å²) < 4.78 is 50.5. The van der Waals surface area contributed by atoms with Crippen molar-refractivity contribution in [2.45, 2.75) is 56.1 Å². The first-order valence-corrected chi connectivity index (χ1v) is 15.7. The molecular weight excluding hydrogens is 660 g/mol. The van der Waals surface area contributed by atoms with Gasteiger partial charge in [-0.25, -0.2) is 4.79 Å². The van der Waals surface area contributed by atoms with E-state index >= 15 is 0 Å². The number of methoxy groups -OCH3 is 4. The van der Waals surface area contributed by atoms with Crippen LogP contribution in [0.1, 0.15) is 42.1 Å². The summed E-state index contributed by atoms with van der Waals surface area (Å²) in [5, 5.41) is 40.2. The van der Waals surface area contributed by atoms with Crippen molar-refractivity contribution in [3.8, 4) is 28.7 Å². The maximum atomic E-state index is 12.0. The molecule has 1 saturated heterocycles. The van der Waals surface area contributed by atoms with Crippen molar-refractivity contribution < 1.29 is 72.6 Å². The third kappa shape index (κ3) is 8.67. The molecule has 2 heterocycles. The maximum absolute atomic E-state index is 12.0. The third-order valence-corrected chi connectivity index (χ3v) is 8.23. The number of ether oxygens (including phenoxy) is 9. The monoisotopic (exact) mass is 704 g/mol. The van der Waals surface area contributed by atoms with E-state index in [1.165, 1.54) is 35.4 Å². The van der Waals surface area contributed by atoms with E-state index in [4.69, 9.17) is 47.7 Å². The molecule has 0 radical (unpaired) electrons. The third-order valence-electron chi connectivity index (χ3n) is 8.23. The van der Waals surface area contributed by atoms with Gasteiger partial charge in [-0.15, -0.1) is 0 Å². The van der Waals surface area contributed by atoms with Crippen LogP contribution in [0.5, 0.6) is 28.7 Å². The molecular formula is C35H44O15. The van der Waals surface area contributed by atoms with Crippen LogP contribution in [0.4, 0.5) is 0 Å². The normalized spacial score (nSPS) is 24.2. The molecule has 2 aromatic rings. The highest BCUT2D eigenvalue weighted by Gasteiger charge is 2.45. The highest BCUT2D eigenvalue weighted by atomic mass is 16.7. The Bertz CT molecular complexity index is 1510. The first-order chi connectivity index (χ1) is 24.0. The van der Waals surface area contributed by atoms with Gasteiger partial charge in [0.05, 0.1) is 41.0 Å². The number of esters is 2. The van der Waals surface area contributed by atoms with Crippen LogP contribution in [0.2, 0.25) is 0 Å². The van der Waals surface area contributed by atoms with E-state index < -0.39 is 61.3 Å². The molecule has 274 valence electrons. The predicted molar refractivity (Wildman–Crippen MR) is 175 cm³/mol. The van der Waals surface area contributed by atoms with E-state index in [1.54, 1.807) is 30.4 Å². The van der Waals surface area contributed by atoms with Crippen LogP contribution in [0.25, 0.3) is 6.08 Å². The van der Waals surface area contributed by atoms with E-state index in [0.717, 1.165) is 0 Å². The molecule has 2 aromatic carbocycles. The second-order valence-electron chi connectivity index (χ2n) is 11.5. The Balaban J connectivity index is 1.52. The van der Waals surface area contributed by atoms with Crippen LogP contribution in [-0.2, 0) is 28.5 Å². The predicted octanol–water partition coefficient (Wildman–Crippen LogP) is 1.82. The van der Waals surface area contributed by atoms with Gasteiger partial charge in [0.2, 0.25) is 5.75 Å². The zero-order chi connectivity index (χ0) is 36.5. The van der Waals surface area contributed by atoms with Gasteiger partial charge in [0.15, 0.2) is 29.3 Å². The number of fused-ring (bicyclic) bond motifs is 1. The summed E-state index contributed by atoms with van der Waals surface area (Å²) in [5.41, 5.74) is 2.11. The van der Waals surface area contributed by atoms with Crippen LogP contribution in [-0.4, -0.2) is 118 Å². The fourth-order valence-corrected chi connectivity index (χ4v) is 5.64. The Hall–Kier alpha value is -4.38. The topological polar surface area (TPSA) is 198 Å². The van der Waals surface area contributed by atoms with Crippen molar-refractivity contribution in [3.05, 3.63) is 59.2 Å². The Kier molecular flexibility index (Phi) is 13.5. The summed E-state index contributed by atoms with van der Waals surface area (Å²) >= 11 is 0. The van der Waals surface area contributed by atoms with E-state index in [2.05, 4.69) is 6.58 Å². The first-order valence-electron chi connectivity index (χ1n) is 15.7. The average Bonchev–Trinajstić information content (AvgIpc) is 3.48. The van der Waals surface area contributed by atoms with Crippen molar-refractivity contribution in [1.29, 1.82) is 0 Å². The van der Waals surface area contributed by atoms with Gasteiger partial charge in [0, 0.05) is 36.7 Å². The molecule has 15 nitrogen and oxygen atoms in total. The number of rotatable bonds is 16. The summed E-state index contributed by atoms with van der Waals surface area (Å²) in [4.78, 5) is 23.9. The number of benzene rings is 2. The first kappa shape index (κ1) is 38.4. The molecule has 7 atom stereocenters. The molecule has 4 N–H and O–H groups in total. The van der Waals surface area contributed by atoms with Crippen molar-refractivity contribution in [3.63, 3.8) is 0 Å². The van der Waals surface area contributed by atoms with Gasteiger partial charge >= 0.3 is 11.9 Å². The summed E-state index contributed by atoms with van der Waals surface area (Å²) in [6.07, 6.45) is -4.63. The van der Waals surface area contributed by atoms with Gasteiger partial charge in [-0.3, -0.25) is 4.79 Å². The molecule has 0 saturated carbocycles. The van der Waals surface area contributed by atoms with Gasteiger partial charge in [0.25, 0.3) is 0 Å². The van der Waals surface area contributed by atoms with Crippen LogP contribution in [0, 0.1) is 0 Å². The van der Waals surface area contributed by atoms with Crippen LogP contribution in [0.3, 0.4) is 0 Å². The summed E-state index contributed by atoms with van der Waals surface area (Å²) in [7, 11) is 6.02. The molecule has 0 aliphatic carbocycles. The molecule has 50 heavy (non-hydrogen) atoms. The van der Waals surface area contributed by atoms with E-state index in [0.29, 0.717) is 45.4 Å². The molecule has 1 fully saturated rings. The SMILES string of the molecule is C=C(CCO)C(=O)OC[C@@H]1O[C@H](OC/C=C/c2cc(OC)c3c(c2)[C@@H](COC(C)=O)[C@@H](c2cc(OC)c(OC)c(OC)c2)O3)[C@@H](O)[C@@H](O)[C@@H]1O. The van der Waals surface area contributed by atoms with Gasteiger partial charge in [0.1, 0.15) is 43.7 Å². The van der Waals surface area contributed by atoms with Crippen molar-refractivity contribution in [2.75, 3.05) is 54.9 Å². The number of aliphatic hydroxyl groups is 4. The van der Waals surface area contributed by atoms with Crippen molar-refractivity contribution in [1.82, 2.24) is 0 Å². The van der Waals surface area contributed by atoms with Crippen molar-refractivity contribution in [2.24, 2.45) is 0 Å². The molecule has 0 amide bonds. The zero-order valence-corrected chi connectivity index (χ0v) is 28.5. The lowest BCUT2D eigenvalue weighted by atomic mass is 9.90. The lowest BCUT2D eigenvalue weighted by molar-refractivity contribution is -0.299. The quantitative estimate of drug-likeness (QED) is 0.146. The van der Waals surface area contributed by atoms with Crippen molar-refractivity contribution >= 4 is 18.0 Å². The van der Waals surface area contributed by atoms with Crippen LogP contribution >= 0.6 is 0 Å². The lowest BCUT2D eigenvalue weighted by Gasteiger charge is -2.39. The Morgan fingerprint density at radius 2 is 1.56 bits per heavy atom. The largest absolute Gasteiger partial charge is 0.493 e. The van der Waals surface area contributed by atoms with Gasteiger partial charge in [-0.05, 0) is 29.8 Å². The van der Waals surface area contributed by atoms with Gasteiger partial charge in [-0.1, -0.05) is 18.7 Å². The molecule has 0 spiro atoms. The Labute approximate surface area is 289 Å². The van der Waals surface area contributed by atoms with E-state index in [1.807, 2.05) is 6.07 Å². The highest BCUT2D eigenvalue weighted by Crippen LogP contribution is 2.53.